The molecular formula is C8H6Br2S2. The highest BCUT2D eigenvalue weighted by Crippen LogP contribution is 2.54. The molecule has 0 nitrogen and oxygen atoms in total. The van der Waals surface area contributed by atoms with Crippen LogP contribution in [0.15, 0.2) is 29.0 Å². The molecule has 1 aromatic rings. The fourth-order valence-corrected chi connectivity index (χ4v) is 5.18. The van der Waals surface area contributed by atoms with E-state index < -0.39 is 0 Å². The van der Waals surface area contributed by atoms with Gasteiger partial charge in [0.2, 0.25) is 0 Å². The minimum absolute atomic E-state index is 0.0461. The fraction of sp³-hybridized carbons (Fsp3) is 0.250. The van der Waals surface area contributed by atoms with E-state index in [-0.39, 0.29) is 3.23 Å². The Labute approximate surface area is 96.7 Å². The maximum Gasteiger partial charge on any atom is 0.116 e. The minimum Gasteiger partial charge on any atom is -0.148 e. The van der Waals surface area contributed by atoms with E-state index in [1.165, 1.54) is 4.88 Å². The van der Waals surface area contributed by atoms with Crippen molar-refractivity contribution in [2.45, 2.75) is 8.48 Å². The standard InChI is InChI=1S/C8H6Br2S2/c9-8(10)3-5-12-7(8)6-2-1-4-11-6/h1-5,7H. The number of rotatable bonds is 1. The molecule has 4 heteroatoms. The quantitative estimate of drug-likeness (QED) is 0.683. The Morgan fingerprint density at radius 1 is 1.42 bits per heavy atom. The molecule has 0 fully saturated rings. The van der Waals surface area contributed by atoms with Crippen LogP contribution >= 0.6 is 55.0 Å². The number of thiophene rings is 1. The second kappa shape index (κ2) is 3.48. The number of thioether (sulfide) groups is 1. The average Bonchev–Trinajstić information content (AvgIpc) is 2.55. The minimum atomic E-state index is -0.0461. The van der Waals surface area contributed by atoms with Crippen LogP contribution in [0.1, 0.15) is 10.1 Å². The molecule has 1 unspecified atom stereocenters. The maximum absolute atomic E-state index is 3.65. The second-order valence-electron chi connectivity index (χ2n) is 2.51. The van der Waals surface area contributed by atoms with Crippen molar-refractivity contribution in [1.29, 1.82) is 0 Å². The summed E-state index contributed by atoms with van der Waals surface area (Å²) in [7, 11) is 0. The number of halogens is 2. The summed E-state index contributed by atoms with van der Waals surface area (Å²) in [6.45, 7) is 0. The van der Waals surface area contributed by atoms with Gasteiger partial charge >= 0.3 is 0 Å². The number of alkyl halides is 2. The Kier molecular flexibility index (Phi) is 2.70. The average molecular weight is 326 g/mol. The van der Waals surface area contributed by atoms with Crippen LogP contribution in [-0.4, -0.2) is 3.23 Å². The van der Waals surface area contributed by atoms with Crippen molar-refractivity contribution in [3.63, 3.8) is 0 Å². The zero-order valence-corrected chi connectivity index (χ0v) is 10.8. The normalized spacial score (nSPS) is 26.3. The summed E-state index contributed by atoms with van der Waals surface area (Å²) in [5.41, 5.74) is 0. The molecule has 2 heterocycles. The van der Waals surface area contributed by atoms with Gasteiger partial charge in [0.05, 0.1) is 5.25 Å². The van der Waals surface area contributed by atoms with Crippen molar-refractivity contribution < 1.29 is 0 Å². The van der Waals surface area contributed by atoms with Crippen LogP contribution in [0.4, 0.5) is 0 Å². The predicted octanol–water partition coefficient (Wildman–Crippen LogP) is 4.54. The van der Waals surface area contributed by atoms with Crippen molar-refractivity contribution in [3.05, 3.63) is 33.9 Å². The Bertz CT molecular complexity index is 290. The first kappa shape index (κ1) is 9.31. The molecule has 0 saturated carbocycles. The molecular weight excluding hydrogens is 320 g/mol. The predicted molar refractivity (Wildman–Crippen MR) is 64.4 cm³/mol. The Morgan fingerprint density at radius 2 is 2.25 bits per heavy atom. The summed E-state index contributed by atoms with van der Waals surface area (Å²) in [5.74, 6) is 0. The molecule has 0 aromatic carbocycles. The smallest absolute Gasteiger partial charge is 0.116 e. The highest BCUT2D eigenvalue weighted by Gasteiger charge is 2.36. The van der Waals surface area contributed by atoms with E-state index in [1.807, 2.05) is 11.8 Å². The highest BCUT2D eigenvalue weighted by molar-refractivity contribution is 9.25. The van der Waals surface area contributed by atoms with Gasteiger partial charge in [-0.15, -0.1) is 23.1 Å². The van der Waals surface area contributed by atoms with Crippen molar-refractivity contribution in [3.8, 4) is 0 Å². The zero-order valence-electron chi connectivity index (χ0n) is 6.04. The van der Waals surface area contributed by atoms with Gasteiger partial charge in [0, 0.05) is 4.88 Å². The Hall–Kier alpha value is 0.750. The van der Waals surface area contributed by atoms with Crippen LogP contribution in [0.25, 0.3) is 0 Å². The molecule has 0 bridgehead atoms. The first-order valence-corrected chi connectivity index (χ1v) is 6.85. The zero-order chi connectivity index (χ0) is 8.60. The SMILES string of the molecule is BrC1(Br)C=CSC1c1cccs1. The number of allylic oxidation sites excluding steroid dienone is 1. The Balaban J connectivity index is 2.28. The summed E-state index contributed by atoms with van der Waals surface area (Å²) in [6.07, 6.45) is 2.14. The second-order valence-corrected chi connectivity index (χ2v) is 8.19. The summed E-state index contributed by atoms with van der Waals surface area (Å²) >= 11 is 10.9. The van der Waals surface area contributed by atoms with Crippen LogP contribution < -0.4 is 0 Å². The van der Waals surface area contributed by atoms with E-state index in [0.29, 0.717) is 5.25 Å². The van der Waals surface area contributed by atoms with Gasteiger partial charge in [-0.25, -0.2) is 0 Å². The third-order valence-corrected chi connectivity index (χ3v) is 5.98. The molecule has 1 aliphatic rings. The van der Waals surface area contributed by atoms with E-state index in [2.05, 4.69) is 60.9 Å². The highest BCUT2D eigenvalue weighted by atomic mass is 79.9. The van der Waals surface area contributed by atoms with Crippen molar-refractivity contribution in [2.24, 2.45) is 0 Å². The van der Waals surface area contributed by atoms with E-state index in [4.69, 9.17) is 0 Å². The third-order valence-electron chi connectivity index (χ3n) is 1.66. The van der Waals surface area contributed by atoms with Gasteiger partial charge in [0.15, 0.2) is 0 Å². The van der Waals surface area contributed by atoms with E-state index in [9.17, 15) is 0 Å². The lowest BCUT2D eigenvalue weighted by molar-refractivity contribution is 1.01. The van der Waals surface area contributed by atoms with Crippen LogP contribution in [-0.2, 0) is 0 Å². The van der Waals surface area contributed by atoms with E-state index >= 15 is 0 Å². The lowest BCUT2D eigenvalue weighted by Crippen LogP contribution is -2.11. The molecule has 1 atom stereocenters. The molecule has 1 aromatic heterocycles. The fourth-order valence-electron chi connectivity index (χ4n) is 1.08. The van der Waals surface area contributed by atoms with Gasteiger partial charge in [-0.05, 0) is 22.9 Å². The molecule has 0 radical (unpaired) electrons. The van der Waals surface area contributed by atoms with Gasteiger partial charge in [0.1, 0.15) is 3.23 Å². The summed E-state index contributed by atoms with van der Waals surface area (Å²) in [5, 5.41) is 4.72. The molecule has 0 saturated heterocycles. The molecule has 0 N–H and O–H groups in total. The summed E-state index contributed by atoms with van der Waals surface area (Å²) < 4.78 is -0.0461. The largest absolute Gasteiger partial charge is 0.148 e. The van der Waals surface area contributed by atoms with Gasteiger partial charge in [-0.3, -0.25) is 0 Å². The number of hydrogen-bond acceptors (Lipinski definition) is 2. The molecule has 1 aliphatic heterocycles. The van der Waals surface area contributed by atoms with Crippen LogP contribution in [0, 0.1) is 0 Å². The van der Waals surface area contributed by atoms with Gasteiger partial charge in [-0.1, -0.05) is 37.9 Å². The topological polar surface area (TPSA) is 0 Å². The number of hydrogen-bond donors (Lipinski definition) is 0. The van der Waals surface area contributed by atoms with Crippen LogP contribution in [0.3, 0.4) is 0 Å². The third kappa shape index (κ3) is 1.67. The lowest BCUT2D eigenvalue weighted by atomic mass is 10.2. The summed E-state index contributed by atoms with van der Waals surface area (Å²) in [4.78, 5) is 1.40. The summed E-state index contributed by atoms with van der Waals surface area (Å²) in [6, 6.07) is 4.27. The molecule has 0 amide bonds. The van der Waals surface area contributed by atoms with E-state index in [1.54, 1.807) is 11.3 Å². The molecule has 12 heavy (non-hydrogen) atoms. The molecule has 64 valence electrons. The van der Waals surface area contributed by atoms with Gasteiger partial charge in [0.25, 0.3) is 0 Å². The lowest BCUT2D eigenvalue weighted by Gasteiger charge is -2.19. The molecule has 0 aliphatic carbocycles. The van der Waals surface area contributed by atoms with Crippen molar-refractivity contribution in [2.75, 3.05) is 0 Å². The van der Waals surface area contributed by atoms with Crippen LogP contribution in [0.2, 0.25) is 0 Å². The first-order chi connectivity index (χ1) is 5.70. The maximum atomic E-state index is 3.65. The van der Waals surface area contributed by atoms with Crippen molar-refractivity contribution in [1.82, 2.24) is 0 Å². The van der Waals surface area contributed by atoms with Gasteiger partial charge in [-0.2, -0.15) is 0 Å². The van der Waals surface area contributed by atoms with Gasteiger partial charge < -0.3 is 0 Å². The Morgan fingerprint density at radius 3 is 2.75 bits per heavy atom. The molecule has 0 spiro atoms. The van der Waals surface area contributed by atoms with Crippen molar-refractivity contribution >= 4 is 55.0 Å². The van der Waals surface area contributed by atoms with E-state index in [0.717, 1.165) is 0 Å². The molecule has 2 rings (SSSR count). The van der Waals surface area contributed by atoms with Crippen LogP contribution in [0.5, 0.6) is 0 Å². The monoisotopic (exact) mass is 324 g/mol. The first-order valence-electron chi connectivity index (χ1n) is 3.44.